The van der Waals surface area contributed by atoms with Crippen LogP contribution in [-0.2, 0) is 16.0 Å². The van der Waals surface area contributed by atoms with Crippen molar-refractivity contribution in [3.05, 3.63) is 35.9 Å². The minimum atomic E-state index is -0.975. The van der Waals surface area contributed by atoms with Gasteiger partial charge in [0.15, 0.2) is 0 Å². The van der Waals surface area contributed by atoms with E-state index in [-0.39, 0.29) is 11.8 Å². The number of rotatable bonds is 6. The second-order valence-corrected chi connectivity index (χ2v) is 4.78. The monoisotopic (exact) mass is 262 g/mol. The summed E-state index contributed by atoms with van der Waals surface area (Å²) in [6.45, 7) is 1.27. The van der Waals surface area contributed by atoms with Crippen LogP contribution in [0.15, 0.2) is 30.3 Å². The van der Waals surface area contributed by atoms with Crippen molar-refractivity contribution >= 4 is 11.9 Å². The molecule has 1 heterocycles. The van der Waals surface area contributed by atoms with Crippen molar-refractivity contribution in [2.45, 2.75) is 18.9 Å². The van der Waals surface area contributed by atoms with Gasteiger partial charge in [0.1, 0.15) is 6.04 Å². The van der Waals surface area contributed by atoms with Crippen molar-refractivity contribution in [2.75, 3.05) is 13.1 Å². The molecular formula is C14H18N2O3. The van der Waals surface area contributed by atoms with Gasteiger partial charge >= 0.3 is 5.97 Å². The van der Waals surface area contributed by atoms with Crippen LogP contribution in [0.1, 0.15) is 12.0 Å². The second-order valence-electron chi connectivity index (χ2n) is 4.78. The van der Waals surface area contributed by atoms with E-state index >= 15 is 0 Å². The summed E-state index contributed by atoms with van der Waals surface area (Å²) in [5, 5.41) is 14.7. The first-order valence-corrected chi connectivity index (χ1v) is 6.44. The SMILES string of the molecule is O=C(NC(CCc1ccccc1)C(=O)O)C1CNC1. The molecule has 1 aliphatic heterocycles. The summed E-state index contributed by atoms with van der Waals surface area (Å²) in [7, 11) is 0. The van der Waals surface area contributed by atoms with Crippen molar-refractivity contribution in [3.63, 3.8) is 0 Å². The highest BCUT2D eigenvalue weighted by molar-refractivity contribution is 5.85. The number of carboxylic acid groups (broad SMARTS) is 1. The van der Waals surface area contributed by atoms with Gasteiger partial charge in [0.05, 0.1) is 5.92 Å². The van der Waals surface area contributed by atoms with Crippen LogP contribution in [0, 0.1) is 5.92 Å². The molecule has 1 fully saturated rings. The summed E-state index contributed by atoms with van der Waals surface area (Å²) in [5.41, 5.74) is 1.08. The molecule has 1 unspecified atom stereocenters. The van der Waals surface area contributed by atoms with Gasteiger partial charge in [-0.05, 0) is 18.4 Å². The van der Waals surface area contributed by atoms with Gasteiger partial charge in [-0.15, -0.1) is 0 Å². The molecule has 0 bridgehead atoms. The fourth-order valence-electron chi connectivity index (χ4n) is 1.98. The minimum absolute atomic E-state index is 0.0847. The molecule has 3 N–H and O–H groups in total. The molecule has 102 valence electrons. The number of amides is 1. The van der Waals surface area contributed by atoms with Gasteiger partial charge in [-0.2, -0.15) is 0 Å². The molecule has 5 heteroatoms. The first-order valence-electron chi connectivity index (χ1n) is 6.44. The Kier molecular flexibility index (Phi) is 4.52. The van der Waals surface area contributed by atoms with Gasteiger partial charge in [-0.3, -0.25) is 4.79 Å². The number of hydrogen-bond donors (Lipinski definition) is 3. The molecular weight excluding hydrogens is 244 g/mol. The summed E-state index contributed by atoms with van der Waals surface area (Å²) in [6, 6.07) is 8.86. The lowest BCUT2D eigenvalue weighted by Gasteiger charge is -2.27. The molecule has 0 aromatic heterocycles. The zero-order valence-electron chi connectivity index (χ0n) is 10.6. The molecule has 0 saturated carbocycles. The lowest BCUT2D eigenvalue weighted by molar-refractivity contribution is -0.143. The molecule has 1 amide bonds. The highest BCUT2D eigenvalue weighted by atomic mass is 16.4. The van der Waals surface area contributed by atoms with E-state index < -0.39 is 12.0 Å². The lowest BCUT2D eigenvalue weighted by Crippen LogP contribution is -2.54. The Hall–Kier alpha value is -1.88. The third kappa shape index (κ3) is 3.79. The van der Waals surface area contributed by atoms with Crippen molar-refractivity contribution in [3.8, 4) is 0 Å². The zero-order chi connectivity index (χ0) is 13.7. The number of aryl methyl sites for hydroxylation is 1. The molecule has 0 aliphatic carbocycles. The number of hydrogen-bond acceptors (Lipinski definition) is 3. The lowest BCUT2D eigenvalue weighted by atomic mass is 10.0. The van der Waals surface area contributed by atoms with Crippen LogP contribution in [0.4, 0.5) is 0 Å². The second kappa shape index (κ2) is 6.33. The van der Waals surface area contributed by atoms with Crippen LogP contribution in [-0.4, -0.2) is 36.1 Å². The quantitative estimate of drug-likeness (QED) is 0.694. The van der Waals surface area contributed by atoms with Gasteiger partial charge in [0.2, 0.25) is 5.91 Å². The predicted octanol–water partition coefficient (Wildman–Crippen LogP) is 0.408. The van der Waals surface area contributed by atoms with Crippen LogP contribution in [0.5, 0.6) is 0 Å². The smallest absolute Gasteiger partial charge is 0.326 e. The van der Waals surface area contributed by atoms with E-state index in [0.717, 1.165) is 5.56 Å². The van der Waals surface area contributed by atoms with Crippen LogP contribution in [0.25, 0.3) is 0 Å². The predicted molar refractivity (Wildman–Crippen MR) is 70.7 cm³/mol. The van der Waals surface area contributed by atoms with Crippen molar-refractivity contribution in [2.24, 2.45) is 5.92 Å². The zero-order valence-corrected chi connectivity index (χ0v) is 10.6. The Morgan fingerprint density at radius 2 is 2.00 bits per heavy atom. The van der Waals surface area contributed by atoms with Crippen LogP contribution >= 0.6 is 0 Å². The van der Waals surface area contributed by atoms with Gasteiger partial charge in [-0.25, -0.2) is 4.79 Å². The summed E-state index contributed by atoms with van der Waals surface area (Å²) < 4.78 is 0. The summed E-state index contributed by atoms with van der Waals surface area (Å²) >= 11 is 0. The molecule has 1 aromatic rings. The molecule has 1 aromatic carbocycles. The first-order chi connectivity index (χ1) is 9.16. The third-order valence-electron chi connectivity index (χ3n) is 3.33. The number of nitrogens with one attached hydrogen (secondary N) is 2. The molecule has 2 rings (SSSR count). The summed E-state index contributed by atoms with van der Waals surface area (Å²) in [5.74, 6) is -1.23. The Bertz CT molecular complexity index is 443. The molecule has 5 nitrogen and oxygen atoms in total. The molecule has 1 aliphatic rings. The Balaban J connectivity index is 1.85. The molecule has 0 radical (unpaired) electrons. The number of aliphatic carboxylic acids is 1. The Morgan fingerprint density at radius 3 is 2.53 bits per heavy atom. The average Bonchev–Trinajstić information content (AvgIpc) is 2.33. The number of carboxylic acids is 1. The fraction of sp³-hybridized carbons (Fsp3) is 0.429. The molecule has 0 spiro atoms. The van der Waals surface area contributed by atoms with E-state index in [1.54, 1.807) is 0 Å². The standard InChI is InChI=1S/C14H18N2O3/c17-13(11-8-15-9-11)16-12(14(18)19)7-6-10-4-2-1-3-5-10/h1-5,11-12,15H,6-9H2,(H,16,17)(H,18,19). The fourth-order valence-corrected chi connectivity index (χ4v) is 1.98. The summed E-state index contributed by atoms with van der Waals surface area (Å²) in [4.78, 5) is 22.9. The van der Waals surface area contributed by atoms with Crippen LogP contribution in [0.2, 0.25) is 0 Å². The van der Waals surface area contributed by atoms with Crippen molar-refractivity contribution in [1.82, 2.24) is 10.6 Å². The highest BCUT2D eigenvalue weighted by Gasteiger charge is 2.28. The molecule has 19 heavy (non-hydrogen) atoms. The van der Waals surface area contributed by atoms with Crippen molar-refractivity contribution in [1.29, 1.82) is 0 Å². The van der Waals surface area contributed by atoms with E-state index in [1.165, 1.54) is 0 Å². The number of benzene rings is 1. The maximum absolute atomic E-state index is 11.7. The Labute approximate surface area is 112 Å². The van der Waals surface area contributed by atoms with Crippen LogP contribution in [0.3, 0.4) is 0 Å². The summed E-state index contributed by atoms with van der Waals surface area (Å²) in [6.07, 6.45) is 1.05. The maximum atomic E-state index is 11.7. The number of carbonyl (C=O) groups is 2. The normalized spacial score (nSPS) is 16.4. The maximum Gasteiger partial charge on any atom is 0.326 e. The van der Waals surface area contributed by atoms with E-state index in [1.807, 2.05) is 30.3 Å². The van der Waals surface area contributed by atoms with Crippen molar-refractivity contribution < 1.29 is 14.7 Å². The van der Waals surface area contributed by atoms with Gasteiger partial charge in [0, 0.05) is 13.1 Å². The minimum Gasteiger partial charge on any atom is -0.480 e. The van der Waals surface area contributed by atoms with Gasteiger partial charge < -0.3 is 15.7 Å². The molecule has 1 atom stereocenters. The van der Waals surface area contributed by atoms with E-state index in [0.29, 0.717) is 25.9 Å². The first kappa shape index (κ1) is 13.5. The highest BCUT2D eigenvalue weighted by Crippen LogP contribution is 2.08. The third-order valence-corrected chi connectivity index (χ3v) is 3.33. The molecule has 1 saturated heterocycles. The van der Waals surface area contributed by atoms with E-state index in [4.69, 9.17) is 5.11 Å². The van der Waals surface area contributed by atoms with E-state index in [2.05, 4.69) is 10.6 Å². The average molecular weight is 262 g/mol. The van der Waals surface area contributed by atoms with Gasteiger partial charge in [0.25, 0.3) is 0 Å². The van der Waals surface area contributed by atoms with Gasteiger partial charge in [-0.1, -0.05) is 30.3 Å². The topological polar surface area (TPSA) is 78.4 Å². The number of carbonyl (C=O) groups excluding carboxylic acids is 1. The van der Waals surface area contributed by atoms with E-state index in [9.17, 15) is 9.59 Å². The van der Waals surface area contributed by atoms with Crippen LogP contribution < -0.4 is 10.6 Å². The Morgan fingerprint density at radius 1 is 1.32 bits per heavy atom. The largest absolute Gasteiger partial charge is 0.480 e.